The van der Waals surface area contributed by atoms with Crippen molar-refractivity contribution in [3.8, 4) is 5.75 Å². The number of cyclic esters (lactones) is 1. The van der Waals surface area contributed by atoms with Gasteiger partial charge in [0.05, 0.1) is 18.6 Å². The normalized spacial score (nSPS) is 19.5. The number of carbonyl (C=O) groups excluding carboxylic acids is 3. The number of hydrogen-bond donors (Lipinski definition) is 3. The first kappa shape index (κ1) is 27.9. The van der Waals surface area contributed by atoms with Gasteiger partial charge in [0.25, 0.3) is 0 Å². The van der Waals surface area contributed by atoms with Gasteiger partial charge in [0, 0.05) is 18.9 Å². The Morgan fingerprint density at radius 2 is 1.86 bits per heavy atom. The summed E-state index contributed by atoms with van der Waals surface area (Å²) in [5.74, 6) is -0.731. The highest BCUT2D eigenvalue weighted by Gasteiger charge is 2.25. The van der Waals surface area contributed by atoms with E-state index in [1.807, 2.05) is 66.7 Å². The molecule has 0 bridgehead atoms. The fraction of sp³-hybridized carbons (Fsp3) is 0.414. The molecule has 1 aliphatic rings. The standard InChI is InChI=1S/C29H36N2O6/c1-21(18-32)30-27(33)17-24-10-6-3-7-11-28(34)37-20-25(31-29(24)35)16-22-12-14-26(15-13-22)36-19-23-8-4-2-5-9-23/h2-6,8-9,12-15,21,24-25,32H,7,10-11,16-20H2,1H3,(H,30,33)(H,31,35)/t21-,24-,25+/m1/s1. The smallest absolute Gasteiger partial charge is 0.306 e. The van der Waals surface area contributed by atoms with Crippen LogP contribution < -0.4 is 15.4 Å². The second kappa shape index (κ2) is 14.8. The molecule has 3 atom stereocenters. The van der Waals surface area contributed by atoms with Gasteiger partial charge in [-0.05, 0) is 49.4 Å². The van der Waals surface area contributed by atoms with Gasteiger partial charge in [-0.15, -0.1) is 0 Å². The molecule has 2 aromatic rings. The Kier molecular flexibility index (Phi) is 11.2. The first-order chi connectivity index (χ1) is 17.9. The first-order valence-corrected chi connectivity index (χ1v) is 12.7. The second-order valence-electron chi connectivity index (χ2n) is 9.31. The van der Waals surface area contributed by atoms with Gasteiger partial charge in [-0.1, -0.05) is 54.6 Å². The Morgan fingerprint density at radius 3 is 2.59 bits per heavy atom. The number of aliphatic hydroxyl groups is 1. The van der Waals surface area contributed by atoms with Crippen LogP contribution in [0, 0.1) is 5.92 Å². The molecular weight excluding hydrogens is 472 g/mol. The Balaban J connectivity index is 1.64. The summed E-state index contributed by atoms with van der Waals surface area (Å²) in [5.41, 5.74) is 2.03. The number of rotatable bonds is 9. The Hall–Kier alpha value is -3.65. The molecule has 198 valence electrons. The van der Waals surface area contributed by atoms with Crippen molar-refractivity contribution in [2.75, 3.05) is 13.2 Å². The topological polar surface area (TPSA) is 114 Å². The second-order valence-corrected chi connectivity index (χ2v) is 9.31. The van der Waals surface area contributed by atoms with Crippen molar-refractivity contribution in [3.63, 3.8) is 0 Å². The van der Waals surface area contributed by atoms with Crippen LogP contribution in [0.3, 0.4) is 0 Å². The van der Waals surface area contributed by atoms with Gasteiger partial charge >= 0.3 is 5.97 Å². The molecule has 2 amide bonds. The molecule has 2 aromatic carbocycles. The lowest BCUT2D eigenvalue weighted by Crippen LogP contribution is -2.45. The van der Waals surface area contributed by atoms with E-state index in [-0.39, 0.29) is 49.9 Å². The van der Waals surface area contributed by atoms with Crippen molar-refractivity contribution in [2.24, 2.45) is 5.92 Å². The number of nitrogens with one attached hydrogen (secondary N) is 2. The number of esters is 1. The molecule has 0 aliphatic carbocycles. The average molecular weight is 509 g/mol. The van der Waals surface area contributed by atoms with E-state index in [2.05, 4.69) is 10.6 Å². The van der Waals surface area contributed by atoms with Crippen LogP contribution in [0.15, 0.2) is 66.7 Å². The van der Waals surface area contributed by atoms with Crippen molar-refractivity contribution >= 4 is 17.8 Å². The summed E-state index contributed by atoms with van der Waals surface area (Å²) in [6.45, 7) is 2.03. The summed E-state index contributed by atoms with van der Waals surface area (Å²) in [5, 5.41) is 14.9. The van der Waals surface area contributed by atoms with Gasteiger partial charge in [0.15, 0.2) is 0 Å². The van der Waals surface area contributed by atoms with E-state index in [0.29, 0.717) is 25.9 Å². The van der Waals surface area contributed by atoms with Crippen molar-refractivity contribution in [1.29, 1.82) is 0 Å². The largest absolute Gasteiger partial charge is 0.489 e. The summed E-state index contributed by atoms with van der Waals surface area (Å²) < 4.78 is 11.3. The molecule has 0 saturated carbocycles. The average Bonchev–Trinajstić information content (AvgIpc) is 2.90. The van der Waals surface area contributed by atoms with Gasteiger partial charge in [-0.2, -0.15) is 0 Å². The number of benzene rings is 2. The fourth-order valence-electron chi connectivity index (χ4n) is 3.95. The van der Waals surface area contributed by atoms with E-state index in [9.17, 15) is 19.5 Å². The van der Waals surface area contributed by atoms with Crippen molar-refractivity contribution in [1.82, 2.24) is 10.6 Å². The number of hydrogen-bond acceptors (Lipinski definition) is 6. The third kappa shape index (κ3) is 10.1. The third-order valence-electron chi connectivity index (χ3n) is 6.03. The molecule has 0 saturated heterocycles. The van der Waals surface area contributed by atoms with Gasteiger partial charge in [0.1, 0.15) is 19.0 Å². The van der Waals surface area contributed by atoms with Crippen LogP contribution >= 0.6 is 0 Å². The van der Waals surface area contributed by atoms with E-state index in [1.54, 1.807) is 6.92 Å². The zero-order chi connectivity index (χ0) is 26.5. The summed E-state index contributed by atoms with van der Waals surface area (Å²) in [4.78, 5) is 37.6. The lowest BCUT2D eigenvalue weighted by Gasteiger charge is -2.23. The van der Waals surface area contributed by atoms with E-state index < -0.39 is 12.0 Å². The molecule has 1 heterocycles. The molecule has 0 radical (unpaired) electrons. The maximum Gasteiger partial charge on any atom is 0.306 e. The van der Waals surface area contributed by atoms with Gasteiger partial charge < -0.3 is 25.2 Å². The molecular formula is C29H36N2O6. The number of amides is 2. The highest BCUT2D eigenvalue weighted by molar-refractivity contribution is 5.86. The predicted octanol–water partition coefficient (Wildman–Crippen LogP) is 3.08. The summed E-state index contributed by atoms with van der Waals surface area (Å²) in [6.07, 6.45) is 5.25. The monoisotopic (exact) mass is 508 g/mol. The quantitative estimate of drug-likeness (QED) is 0.354. The minimum absolute atomic E-state index is 0.000467. The highest BCUT2D eigenvalue weighted by atomic mass is 16.5. The Bertz CT molecular complexity index is 1040. The van der Waals surface area contributed by atoms with Crippen LogP contribution in [0.4, 0.5) is 0 Å². The molecule has 8 heteroatoms. The van der Waals surface area contributed by atoms with Crippen LogP contribution in [-0.2, 0) is 32.1 Å². The molecule has 0 aromatic heterocycles. The zero-order valence-electron chi connectivity index (χ0n) is 21.2. The maximum atomic E-state index is 13.1. The number of carbonyl (C=O) groups is 3. The predicted molar refractivity (Wildman–Crippen MR) is 140 cm³/mol. The van der Waals surface area contributed by atoms with Crippen LogP contribution in [0.25, 0.3) is 0 Å². The van der Waals surface area contributed by atoms with Crippen molar-refractivity contribution in [2.45, 2.75) is 57.7 Å². The summed E-state index contributed by atoms with van der Waals surface area (Å²) in [7, 11) is 0. The molecule has 1 aliphatic heterocycles. The van der Waals surface area contributed by atoms with E-state index in [0.717, 1.165) is 16.9 Å². The van der Waals surface area contributed by atoms with Crippen molar-refractivity contribution in [3.05, 3.63) is 77.9 Å². The zero-order valence-corrected chi connectivity index (χ0v) is 21.2. The lowest BCUT2D eigenvalue weighted by molar-refractivity contribution is -0.145. The minimum Gasteiger partial charge on any atom is -0.489 e. The third-order valence-corrected chi connectivity index (χ3v) is 6.03. The van der Waals surface area contributed by atoms with Gasteiger partial charge in [-0.25, -0.2) is 0 Å². The van der Waals surface area contributed by atoms with E-state index in [1.165, 1.54) is 0 Å². The minimum atomic E-state index is -0.575. The summed E-state index contributed by atoms with van der Waals surface area (Å²) in [6, 6.07) is 16.7. The van der Waals surface area contributed by atoms with Crippen LogP contribution in [0.2, 0.25) is 0 Å². The van der Waals surface area contributed by atoms with Gasteiger partial charge in [0.2, 0.25) is 11.8 Å². The molecule has 0 fully saturated rings. The highest BCUT2D eigenvalue weighted by Crippen LogP contribution is 2.17. The molecule has 0 unspecified atom stereocenters. The molecule has 3 rings (SSSR count). The molecule has 37 heavy (non-hydrogen) atoms. The molecule has 3 N–H and O–H groups in total. The van der Waals surface area contributed by atoms with Crippen molar-refractivity contribution < 1.29 is 29.0 Å². The number of aliphatic hydroxyl groups excluding tert-OH is 1. The van der Waals surface area contributed by atoms with Crippen LogP contribution in [0.5, 0.6) is 5.75 Å². The fourth-order valence-corrected chi connectivity index (χ4v) is 3.95. The van der Waals surface area contributed by atoms with E-state index >= 15 is 0 Å². The Labute approximate surface area is 218 Å². The van der Waals surface area contributed by atoms with E-state index in [4.69, 9.17) is 9.47 Å². The maximum absolute atomic E-state index is 13.1. The number of ether oxygens (including phenoxy) is 2. The Morgan fingerprint density at radius 1 is 1.11 bits per heavy atom. The molecule has 8 nitrogen and oxygen atoms in total. The SMILES string of the molecule is C[C@H](CO)NC(=O)C[C@H]1CC=CCCC(=O)OC[C@H](Cc2ccc(OCc3ccccc3)cc2)NC1=O. The first-order valence-electron chi connectivity index (χ1n) is 12.7. The molecule has 0 spiro atoms. The summed E-state index contributed by atoms with van der Waals surface area (Å²) >= 11 is 0. The lowest BCUT2D eigenvalue weighted by atomic mass is 9.97. The van der Waals surface area contributed by atoms with Crippen LogP contribution in [0.1, 0.15) is 43.7 Å². The van der Waals surface area contributed by atoms with Gasteiger partial charge in [-0.3, -0.25) is 14.4 Å². The number of allylic oxidation sites excluding steroid dienone is 2. The van der Waals surface area contributed by atoms with Crippen LogP contribution in [-0.4, -0.2) is 48.2 Å².